The summed E-state index contributed by atoms with van der Waals surface area (Å²) in [5.41, 5.74) is 1.13. The Labute approximate surface area is 107 Å². The van der Waals surface area contributed by atoms with Crippen LogP contribution < -0.4 is 5.32 Å². The van der Waals surface area contributed by atoms with E-state index in [-0.39, 0.29) is 0 Å². The molecule has 1 N–H and O–H groups in total. The lowest BCUT2D eigenvalue weighted by Gasteiger charge is -2.15. The molecule has 0 radical (unpaired) electrons. The molecule has 96 valence electrons. The summed E-state index contributed by atoms with van der Waals surface area (Å²) < 4.78 is 1.82. The van der Waals surface area contributed by atoms with Gasteiger partial charge in [0.2, 0.25) is 0 Å². The molecular formula is C13H19N5. The van der Waals surface area contributed by atoms with Gasteiger partial charge in [-0.2, -0.15) is 5.10 Å². The second-order valence-corrected chi connectivity index (χ2v) is 4.35. The molecule has 5 heteroatoms. The first-order valence-electron chi connectivity index (χ1n) is 6.19. The number of hydrogen-bond acceptors (Lipinski definition) is 4. The van der Waals surface area contributed by atoms with Crippen molar-refractivity contribution in [3.8, 4) is 0 Å². The first-order chi connectivity index (χ1) is 8.79. The fraction of sp³-hybridized carbons (Fsp3) is 0.462. The van der Waals surface area contributed by atoms with Crippen molar-refractivity contribution in [3.05, 3.63) is 42.2 Å². The molecule has 1 atom stereocenters. The van der Waals surface area contributed by atoms with Gasteiger partial charge in [-0.3, -0.25) is 9.67 Å². The summed E-state index contributed by atoms with van der Waals surface area (Å²) >= 11 is 0. The minimum Gasteiger partial charge on any atom is -0.317 e. The highest BCUT2D eigenvalue weighted by molar-refractivity contribution is 5.04. The molecule has 0 aromatic carbocycles. The molecule has 1 unspecified atom stereocenters. The molecule has 0 spiro atoms. The molecule has 2 aromatic rings. The molecular weight excluding hydrogens is 226 g/mol. The topological polar surface area (TPSA) is 55.6 Å². The third-order valence-corrected chi connectivity index (χ3v) is 3.12. The van der Waals surface area contributed by atoms with E-state index in [0.717, 1.165) is 30.8 Å². The van der Waals surface area contributed by atoms with Crippen molar-refractivity contribution in [3.63, 3.8) is 0 Å². The van der Waals surface area contributed by atoms with Crippen molar-refractivity contribution >= 4 is 0 Å². The zero-order chi connectivity index (χ0) is 12.8. The van der Waals surface area contributed by atoms with Crippen LogP contribution in [0.25, 0.3) is 0 Å². The van der Waals surface area contributed by atoms with E-state index < -0.39 is 0 Å². The van der Waals surface area contributed by atoms with Crippen molar-refractivity contribution in [1.82, 2.24) is 25.1 Å². The second-order valence-electron chi connectivity index (χ2n) is 4.35. The SMILES string of the molecule is CNC(CCc1ccccn1)Cc1ncnn1C. The minimum absolute atomic E-state index is 0.398. The Morgan fingerprint density at radius 2 is 2.22 bits per heavy atom. The standard InChI is InChI=1S/C13H19N5/c1-14-12(9-13-16-10-17-18(13)2)7-6-11-5-3-4-8-15-11/h3-5,8,10,12,14H,6-7,9H2,1-2H3. The number of nitrogens with one attached hydrogen (secondary N) is 1. The van der Waals surface area contributed by atoms with Gasteiger partial charge in [-0.05, 0) is 32.0 Å². The second kappa shape index (κ2) is 6.26. The highest BCUT2D eigenvalue weighted by Gasteiger charge is 2.11. The largest absolute Gasteiger partial charge is 0.317 e. The summed E-state index contributed by atoms with van der Waals surface area (Å²) in [7, 11) is 3.91. The van der Waals surface area contributed by atoms with E-state index in [2.05, 4.69) is 26.4 Å². The molecule has 0 aliphatic rings. The highest BCUT2D eigenvalue weighted by Crippen LogP contribution is 2.06. The summed E-state index contributed by atoms with van der Waals surface area (Å²) in [5, 5.41) is 7.42. The molecule has 18 heavy (non-hydrogen) atoms. The summed E-state index contributed by atoms with van der Waals surface area (Å²) in [5.74, 6) is 1.01. The fourth-order valence-corrected chi connectivity index (χ4v) is 1.94. The molecule has 0 aliphatic carbocycles. The van der Waals surface area contributed by atoms with Crippen LogP contribution in [-0.4, -0.2) is 32.8 Å². The number of rotatable bonds is 6. The van der Waals surface area contributed by atoms with E-state index in [1.807, 2.05) is 37.1 Å². The van der Waals surface area contributed by atoms with Crippen molar-refractivity contribution < 1.29 is 0 Å². The van der Waals surface area contributed by atoms with Crippen LogP contribution in [-0.2, 0) is 19.9 Å². The average Bonchev–Trinajstić information content (AvgIpc) is 2.81. The molecule has 2 heterocycles. The summed E-state index contributed by atoms with van der Waals surface area (Å²) in [6, 6.07) is 6.43. The van der Waals surface area contributed by atoms with Crippen LogP contribution in [0.5, 0.6) is 0 Å². The Kier molecular flexibility index (Phi) is 4.41. The van der Waals surface area contributed by atoms with E-state index in [1.54, 1.807) is 6.33 Å². The van der Waals surface area contributed by atoms with Crippen molar-refractivity contribution in [1.29, 1.82) is 0 Å². The lowest BCUT2D eigenvalue weighted by Crippen LogP contribution is -2.29. The van der Waals surface area contributed by atoms with Crippen LogP contribution in [0.1, 0.15) is 17.9 Å². The van der Waals surface area contributed by atoms with E-state index in [0.29, 0.717) is 6.04 Å². The first kappa shape index (κ1) is 12.7. The predicted molar refractivity (Wildman–Crippen MR) is 70.1 cm³/mol. The maximum Gasteiger partial charge on any atom is 0.138 e. The van der Waals surface area contributed by atoms with Gasteiger partial charge >= 0.3 is 0 Å². The molecule has 0 amide bonds. The molecule has 0 bridgehead atoms. The van der Waals surface area contributed by atoms with E-state index in [4.69, 9.17) is 0 Å². The van der Waals surface area contributed by atoms with Gasteiger partial charge in [0.05, 0.1) is 0 Å². The van der Waals surface area contributed by atoms with Crippen LogP contribution in [0.15, 0.2) is 30.7 Å². The van der Waals surface area contributed by atoms with Crippen molar-refractivity contribution in [2.75, 3.05) is 7.05 Å². The van der Waals surface area contributed by atoms with Crippen LogP contribution in [0.3, 0.4) is 0 Å². The first-order valence-corrected chi connectivity index (χ1v) is 6.19. The third kappa shape index (κ3) is 3.37. The Morgan fingerprint density at radius 1 is 1.33 bits per heavy atom. The molecule has 0 saturated carbocycles. The van der Waals surface area contributed by atoms with Gasteiger partial charge in [-0.25, -0.2) is 4.98 Å². The van der Waals surface area contributed by atoms with Crippen molar-refractivity contribution in [2.45, 2.75) is 25.3 Å². The van der Waals surface area contributed by atoms with Crippen molar-refractivity contribution in [2.24, 2.45) is 7.05 Å². The Hall–Kier alpha value is -1.75. The number of likely N-dealkylation sites (N-methyl/N-ethyl adjacent to an activating group) is 1. The van der Waals surface area contributed by atoms with Gasteiger partial charge in [-0.1, -0.05) is 6.07 Å². The van der Waals surface area contributed by atoms with Crippen LogP contribution in [0.2, 0.25) is 0 Å². The smallest absolute Gasteiger partial charge is 0.138 e. The van der Waals surface area contributed by atoms with Gasteiger partial charge in [0.1, 0.15) is 12.2 Å². The average molecular weight is 245 g/mol. The number of aryl methyl sites for hydroxylation is 2. The highest BCUT2D eigenvalue weighted by atomic mass is 15.3. The maximum absolute atomic E-state index is 4.34. The lowest BCUT2D eigenvalue weighted by atomic mass is 10.1. The third-order valence-electron chi connectivity index (χ3n) is 3.12. The minimum atomic E-state index is 0.398. The van der Waals surface area contributed by atoms with E-state index >= 15 is 0 Å². The van der Waals surface area contributed by atoms with Crippen LogP contribution >= 0.6 is 0 Å². The Bertz CT molecular complexity index is 465. The van der Waals surface area contributed by atoms with Gasteiger partial charge in [0, 0.05) is 31.4 Å². The summed E-state index contributed by atoms with van der Waals surface area (Å²) in [6.07, 6.45) is 6.34. The fourth-order valence-electron chi connectivity index (χ4n) is 1.94. The predicted octanol–water partition coefficient (Wildman–Crippen LogP) is 0.973. The number of hydrogen-bond donors (Lipinski definition) is 1. The quantitative estimate of drug-likeness (QED) is 0.824. The molecule has 0 fully saturated rings. The van der Waals surface area contributed by atoms with Crippen LogP contribution in [0, 0.1) is 0 Å². The molecule has 2 rings (SSSR count). The zero-order valence-electron chi connectivity index (χ0n) is 10.9. The number of aromatic nitrogens is 4. The molecule has 0 aliphatic heterocycles. The number of nitrogens with zero attached hydrogens (tertiary/aromatic N) is 4. The van der Waals surface area contributed by atoms with Gasteiger partial charge in [-0.15, -0.1) is 0 Å². The van der Waals surface area contributed by atoms with Gasteiger partial charge in [0.25, 0.3) is 0 Å². The van der Waals surface area contributed by atoms with E-state index in [9.17, 15) is 0 Å². The van der Waals surface area contributed by atoms with E-state index in [1.165, 1.54) is 0 Å². The van der Waals surface area contributed by atoms with Gasteiger partial charge < -0.3 is 5.32 Å². The number of pyridine rings is 1. The monoisotopic (exact) mass is 245 g/mol. The summed E-state index contributed by atoms with van der Waals surface area (Å²) in [4.78, 5) is 8.59. The lowest BCUT2D eigenvalue weighted by molar-refractivity contribution is 0.495. The molecule has 0 saturated heterocycles. The molecule has 2 aromatic heterocycles. The summed E-state index contributed by atoms with van der Waals surface area (Å²) in [6.45, 7) is 0. The molecule has 5 nitrogen and oxygen atoms in total. The zero-order valence-corrected chi connectivity index (χ0v) is 10.9. The normalized spacial score (nSPS) is 12.6. The Morgan fingerprint density at radius 3 is 2.83 bits per heavy atom. The Balaban J connectivity index is 1.88. The van der Waals surface area contributed by atoms with Crippen LogP contribution in [0.4, 0.5) is 0 Å². The van der Waals surface area contributed by atoms with Gasteiger partial charge in [0.15, 0.2) is 0 Å². The maximum atomic E-state index is 4.34.